The number of aryl methyl sites for hydroxylation is 2. The molecule has 1 aliphatic heterocycles. The summed E-state index contributed by atoms with van der Waals surface area (Å²) in [7, 11) is 0. The first-order valence-corrected chi connectivity index (χ1v) is 7.40. The number of hydrogen-bond acceptors (Lipinski definition) is 2. The smallest absolute Gasteiger partial charge is 0.326 e. The molecule has 0 bridgehead atoms. The number of benzene rings is 2. The highest BCUT2D eigenvalue weighted by atomic mass is 16.4. The van der Waals surface area contributed by atoms with Gasteiger partial charge >= 0.3 is 5.97 Å². The number of fused-ring (bicyclic) bond motifs is 2. The van der Waals surface area contributed by atoms with Gasteiger partial charge in [0.1, 0.15) is 6.04 Å². The molecule has 1 N–H and O–H groups in total. The zero-order valence-corrected chi connectivity index (χ0v) is 12.1. The lowest BCUT2D eigenvalue weighted by Gasteiger charge is -2.32. The molecule has 108 valence electrons. The van der Waals surface area contributed by atoms with E-state index < -0.39 is 12.0 Å². The molecule has 0 saturated carbocycles. The van der Waals surface area contributed by atoms with E-state index in [0.717, 1.165) is 24.2 Å². The lowest BCUT2D eigenvalue weighted by Crippen LogP contribution is -2.38. The van der Waals surface area contributed by atoms with Crippen molar-refractivity contribution in [1.82, 2.24) is 0 Å². The maximum absolute atomic E-state index is 11.7. The number of carboxylic acid groups (broad SMARTS) is 1. The topological polar surface area (TPSA) is 40.5 Å². The Kier molecular flexibility index (Phi) is 3.65. The van der Waals surface area contributed by atoms with Crippen LogP contribution in [0.4, 0.5) is 11.4 Å². The van der Waals surface area contributed by atoms with Gasteiger partial charge in [-0.25, -0.2) is 4.79 Å². The van der Waals surface area contributed by atoms with Crippen LogP contribution in [0.1, 0.15) is 24.5 Å². The second-order valence-corrected chi connectivity index (χ2v) is 5.39. The summed E-state index contributed by atoms with van der Waals surface area (Å²) < 4.78 is 0. The van der Waals surface area contributed by atoms with Crippen molar-refractivity contribution in [3.63, 3.8) is 0 Å². The van der Waals surface area contributed by atoms with Crippen LogP contribution in [-0.2, 0) is 17.6 Å². The lowest BCUT2D eigenvalue weighted by molar-refractivity contribution is -0.138. The molecular formula is C18H19NO2. The molecule has 1 aliphatic rings. The second-order valence-electron chi connectivity index (χ2n) is 5.39. The van der Waals surface area contributed by atoms with E-state index in [-0.39, 0.29) is 0 Å². The van der Waals surface area contributed by atoms with Gasteiger partial charge in [-0.3, -0.25) is 0 Å². The summed E-state index contributed by atoms with van der Waals surface area (Å²) in [5, 5.41) is 9.63. The fourth-order valence-electron chi connectivity index (χ4n) is 3.12. The number of carboxylic acids is 1. The van der Waals surface area contributed by atoms with E-state index in [9.17, 15) is 9.90 Å². The Labute approximate surface area is 124 Å². The number of aliphatic carboxylic acids is 1. The van der Waals surface area contributed by atoms with Gasteiger partial charge in [-0.1, -0.05) is 43.3 Å². The predicted molar refractivity (Wildman–Crippen MR) is 84.1 cm³/mol. The SMILES string of the molecule is CCC(C(=O)O)N1c2ccccc2CCc2ccccc21. The molecule has 0 radical (unpaired) electrons. The zero-order chi connectivity index (χ0) is 14.8. The molecule has 1 unspecified atom stereocenters. The van der Waals surface area contributed by atoms with Crippen LogP contribution in [0, 0.1) is 0 Å². The van der Waals surface area contributed by atoms with Crippen molar-refractivity contribution < 1.29 is 9.90 Å². The number of anilines is 2. The molecule has 21 heavy (non-hydrogen) atoms. The van der Waals surface area contributed by atoms with Gasteiger partial charge in [-0.15, -0.1) is 0 Å². The van der Waals surface area contributed by atoms with Gasteiger partial charge in [0.15, 0.2) is 0 Å². The van der Waals surface area contributed by atoms with Crippen LogP contribution in [0.2, 0.25) is 0 Å². The fraction of sp³-hybridized carbons (Fsp3) is 0.278. The van der Waals surface area contributed by atoms with Crippen LogP contribution in [-0.4, -0.2) is 17.1 Å². The standard InChI is InChI=1S/C18H19NO2/c1-2-15(18(20)21)19-16-9-5-3-7-13(16)11-12-14-8-4-6-10-17(14)19/h3-10,15H,2,11-12H2,1H3,(H,20,21). The van der Waals surface area contributed by atoms with E-state index in [4.69, 9.17) is 0 Å². The molecule has 0 spiro atoms. The van der Waals surface area contributed by atoms with Crippen LogP contribution in [0.15, 0.2) is 48.5 Å². The predicted octanol–water partition coefficient (Wildman–Crippen LogP) is 3.79. The third kappa shape index (κ3) is 2.40. The van der Waals surface area contributed by atoms with Crippen LogP contribution in [0.5, 0.6) is 0 Å². The molecule has 0 aromatic heterocycles. The molecule has 1 heterocycles. The summed E-state index contributed by atoms with van der Waals surface area (Å²) in [6.07, 6.45) is 2.46. The number of nitrogens with zero attached hydrogens (tertiary/aromatic N) is 1. The third-order valence-corrected chi connectivity index (χ3v) is 4.15. The lowest BCUT2D eigenvalue weighted by atomic mass is 10.0. The number of carbonyl (C=O) groups is 1. The Balaban J connectivity index is 2.22. The van der Waals surface area contributed by atoms with Crippen LogP contribution >= 0.6 is 0 Å². The Bertz CT molecular complexity index is 618. The van der Waals surface area contributed by atoms with Gasteiger partial charge in [-0.2, -0.15) is 0 Å². The van der Waals surface area contributed by atoms with E-state index in [1.54, 1.807) is 0 Å². The fourth-order valence-corrected chi connectivity index (χ4v) is 3.12. The third-order valence-electron chi connectivity index (χ3n) is 4.15. The monoisotopic (exact) mass is 281 g/mol. The normalized spacial score (nSPS) is 14.8. The molecule has 1 atom stereocenters. The van der Waals surface area contributed by atoms with Crippen molar-refractivity contribution in [2.24, 2.45) is 0 Å². The van der Waals surface area contributed by atoms with Crippen LogP contribution < -0.4 is 4.90 Å². The van der Waals surface area contributed by atoms with Crippen molar-refractivity contribution in [1.29, 1.82) is 0 Å². The first-order chi connectivity index (χ1) is 10.2. The minimum absolute atomic E-state index is 0.537. The Morgan fingerprint density at radius 2 is 1.52 bits per heavy atom. The molecule has 0 amide bonds. The van der Waals surface area contributed by atoms with Crippen molar-refractivity contribution >= 4 is 17.3 Å². The summed E-state index contributed by atoms with van der Waals surface area (Å²) in [6.45, 7) is 1.93. The Morgan fingerprint density at radius 1 is 1.05 bits per heavy atom. The molecule has 3 heteroatoms. The number of hydrogen-bond donors (Lipinski definition) is 1. The van der Waals surface area contributed by atoms with Gasteiger partial charge in [0.25, 0.3) is 0 Å². The number of rotatable bonds is 3. The summed E-state index contributed by atoms with van der Waals surface area (Å²) in [6, 6.07) is 15.7. The van der Waals surface area contributed by atoms with E-state index in [0.29, 0.717) is 6.42 Å². The van der Waals surface area contributed by atoms with Gasteiger partial charge in [0.2, 0.25) is 0 Å². The maximum atomic E-state index is 11.7. The highest BCUT2D eigenvalue weighted by Crippen LogP contribution is 2.38. The highest BCUT2D eigenvalue weighted by Gasteiger charge is 2.30. The average Bonchev–Trinajstić information content (AvgIpc) is 2.66. The van der Waals surface area contributed by atoms with Gasteiger partial charge in [0, 0.05) is 11.4 Å². The van der Waals surface area contributed by atoms with Crippen LogP contribution in [0.25, 0.3) is 0 Å². The minimum Gasteiger partial charge on any atom is -0.480 e. The van der Waals surface area contributed by atoms with Gasteiger partial charge in [-0.05, 0) is 42.5 Å². The first-order valence-electron chi connectivity index (χ1n) is 7.40. The molecule has 0 fully saturated rings. The Morgan fingerprint density at radius 3 is 1.95 bits per heavy atom. The zero-order valence-electron chi connectivity index (χ0n) is 12.1. The molecule has 3 rings (SSSR count). The van der Waals surface area contributed by atoms with Gasteiger partial charge < -0.3 is 10.0 Å². The summed E-state index contributed by atoms with van der Waals surface area (Å²) in [5.41, 5.74) is 4.48. The highest BCUT2D eigenvalue weighted by molar-refractivity contribution is 5.84. The minimum atomic E-state index is -0.774. The molecule has 3 nitrogen and oxygen atoms in total. The summed E-state index contributed by atoms with van der Waals surface area (Å²) >= 11 is 0. The van der Waals surface area contributed by atoms with E-state index in [2.05, 4.69) is 12.1 Å². The number of para-hydroxylation sites is 2. The van der Waals surface area contributed by atoms with E-state index in [1.807, 2.05) is 48.2 Å². The van der Waals surface area contributed by atoms with Crippen molar-refractivity contribution in [2.45, 2.75) is 32.2 Å². The molecule has 0 saturated heterocycles. The van der Waals surface area contributed by atoms with E-state index >= 15 is 0 Å². The average molecular weight is 281 g/mol. The van der Waals surface area contributed by atoms with Crippen molar-refractivity contribution in [3.05, 3.63) is 59.7 Å². The second kappa shape index (κ2) is 5.60. The van der Waals surface area contributed by atoms with Crippen molar-refractivity contribution in [3.8, 4) is 0 Å². The Hall–Kier alpha value is -2.29. The van der Waals surface area contributed by atoms with E-state index in [1.165, 1.54) is 11.1 Å². The molecule has 2 aromatic rings. The largest absolute Gasteiger partial charge is 0.480 e. The van der Waals surface area contributed by atoms with Crippen LogP contribution in [0.3, 0.4) is 0 Å². The quantitative estimate of drug-likeness (QED) is 0.930. The van der Waals surface area contributed by atoms with Gasteiger partial charge in [0.05, 0.1) is 0 Å². The maximum Gasteiger partial charge on any atom is 0.326 e. The summed E-state index contributed by atoms with van der Waals surface area (Å²) in [5.74, 6) is -0.774. The first kappa shape index (κ1) is 13.7. The van der Waals surface area contributed by atoms with Crippen molar-refractivity contribution in [2.75, 3.05) is 4.90 Å². The molecule has 0 aliphatic carbocycles. The molecule has 2 aromatic carbocycles. The molecular weight excluding hydrogens is 262 g/mol. The summed E-state index contributed by atoms with van der Waals surface area (Å²) in [4.78, 5) is 13.7.